The standard InChI is InChI=1S/C43H68O11/c1-14-17-34-28(7)36(51-31(10)44)23-37(53-34)29(8)40(47)30(9)42-35(49-12)19-16-18-24(3)20-27(6)41(52-32(11)45)33(15-2)39(46)26(5)21-25(4)22-38(50-13)43(48)54-42/h14,16-19,21-22,26-30,33-37,39-42,46-47H,15,20,23H2,1-13H3/b17-14+,19-16+,24-18+,25-21+,38-22-/t26-,27-,28-,29-,30+,33-,34-,35+,36-,37-,39-,40+,41+,42-/m1/s1. The molecule has 1 fully saturated rings. The van der Waals surface area contributed by atoms with E-state index in [0.717, 1.165) is 5.57 Å². The van der Waals surface area contributed by atoms with Gasteiger partial charge in [0.1, 0.15) is 24.4 Å². The van der Waals surface area contributed by atoms with Gasteiger partial charge in [-0.1, -0.05) is 89.1 Å². The summed E-state index contributed by atoms with van der Waals surface area (Å²) < 4.78 is 35.6. The zero-order valence-corrected chi connectivity index (χ0v) is 34.8. The molecule has 54 heavy (non-hydrogen) atoms. The van der Waals surface area contributed by atoms with Gasteiger partial charge in [-0.2, -0.15) is 0 Å². The minimum Gasteiger partial charge on any atom is -0.490 e. The number of hydrogen-bond donors (Lipinski definition) is 2. The Morgan fingerprint density at radius 3 is 2.26 bits per heavy atom. The molecule has 0 aliphatic carbocycles. The van der Waals surface area contributed by atoms with E-state index >= 15 is 0 Å². The van der Waals surface area contributed by atoms with Crippen molar-refractivity contribution in [2.45, 2.75) is 144 Å². The number of methoxy groups -OCH3 is 2. The van der Waals surface area contributed by atoms with Gasteiger partial charge in [-0.3, -0.25) is 9.59 Å². The summed E-state index contributed by atoms with van der Waals surface area (Å²) in [6, 6.07) is 0. The van der Waals surface area contributed by atoms with Crippen LogP contribution in [0.4, 0.5) is 0 Å². The molecule has 2 N–H and O–H groups in total. The lowest BCUT2D eigenvalue weighted by Crippen LogP contribution is -2.51. The van der Waals surface area contributed by atoms with Crippen LogP contribution >= 0.6 is 0 Å². The topological polar surface area (TPSA) is 147 Å². The van der Waals surface area contributed by atoms with Crippen LogP contribution in [0.1, 0.15) is 95.4 Å². The molecule has 0 aromatic carbocycles. The lowest BCUT2D eigenvalue weighted by molar-refractivity contribution is -0.181. The molecular formula is C43H68O11. The van der Waals surface area contributed by atoms with Gasteiger partial charge in [-0.05, 0) is 45.6 Å². The second-order valence-corrected chi connectivity index (χ2v) is 15.4. The Balaban J connectivity index is 2.62. The molecule has 0 saturated carbocycles. The number of hydrogen-bond acceptors (Lipinski definition) is 11. The minimum absolute atomic E-state index is 0.0673. The Morgan fingerprint density at radius 1 is 1.06 bits per heavy atom. The molecule has 1 saturated heterocycles. The van der Waals surface area contributed by atoms with Gasteiger partial charge in [0, 0.05) is 57.0 Å². The zero-order chi connectivity index (χ0) is 40.9. The van der Waals surface area contributed by atoms with E-state index in [0.29, 0.717) is 24.8 Å². The van der Waals surface area contributed by atoms with Crippen molar-refractivity contribution in [2.24, 2.45) is 35.5 Å². The number of carbonyl (C=O) groups is 3. The van der Waals surface area contributed by atoms with E-state index in [2.05, 4.69) is 0 Å². The third kappa shape index (κ3) is 13.2. The maximum atomic E-state index is 13.8. The van der Waals surface area contributed by atoms with E-state index in [-0.39, 0.29) is 41.5 Å². The van der Waals surface area contributed by atoms with Crippen molar-refractivity contribution in [1.29, 1.82) is 0 Å². The monoisotopic (exact) mass is 760 g/mol. The normalized spacial score (nSPS) is 37.4. The second kappa shape index (κ2) is 22.3. The first-order chi connectivity index (χ1) is 25.4. The van der Waals surface area contributed by atoms with Crippen molar-refractivity contribution >= 4 is 17.9 Å². The van der Waals surface area contributed by atoms with Gasteiger partial charge in [0.25, 0.3) is 0 Å². The average molecular weight is 761 g/mol. The minimum atomic E-state index is -1.03. The van der Waals surface area contributed by atoms with Crippen LogP contribution in [0.25, 0.3) is 0 Å². The van der Waals surface area contributed by atoms with E-state index in [9.17, 15) is 24.6 Å². The quantitative estimate of drug-likeness (QED) is 0.137. The maximum Gasteiger partial charge on any atom is 0.373 e. The third-order valence-corrected chi connectivity index (χ3v) is 11.0. The Labute approximate surface area is 323 Å². The number of allylic oxidation sites excluding steroid dienone is 6. The van der Waals surface area contributed by atoms with E-state index in [1.807, 2.05) is 78.8 Å². The van der Waals surface area contributed by atoms with Gasteiger partial charge in [0.05, 0.1) is 31.5 Å². The predicted molar refractivity (Wildman–Crippen MR) is 208 cm³/mol. The van der Waals surface area contributed by atoms with Crippen molar-refractivity contribution < 1.29 is 53.0 Å². The third-order valence-electron chi connectivity index (χ3n) is 11.0. The van der Waals surface area contributed by atoms with Crippen molar-refractivity contribution in [3.63, 3.8) is 0 Å². The van der Waals surface area contributed by atoms with Crippen molar-refractivity contribution in [3.05, 3.63) is 59.4 Å². The molecule has 0 amide bonds. The summed E-state index contributed by atoms with van der Waals surface area (Å²) >= 11 is 0. The molecule has 306 valence electrons. The molecule has 11 nitrogen and oxygen atoms in total. The summed E-state index contributed by atoms with van der Waals surface area (Å²) in [5.41, 5.74) is 1.66. The van der Waals surface area contributed by atoms with E-state index in [4.69, 9.17) is 28.4 Å². The number of ether oxygens (including phenoxy) is 6. The van der Waals surface area contributed by atoms with Crippen molar-refractivity contribution in [3.8, 4) is 0 Å². The molecule has 2 aliphatic rings. The first-order valence-electron chi connectivity index (χ1n) is 19.4. The van der Waals surface area contributed by atoms with E-state index in [1.165, 1.54) is 28.1 Å². The molecule has 0 bridgehead atoms. The molecule has 2 heterocycles. The molecule has 0 radical (unpaired) electrons. The summed E-state index contributed by atoms with van der Waals surface area (Å²) in [6.45, 7) is 20.0. The highest BCUT2D eigenvalue weighted by molar-refractivity contribution is 5.87. The smallest absolute Gasteiger partial charge is 0.373 e. The number of carbonyl (C=O) groups excluding carboxylic acids is 3. The summed E-state index contributed by atoms with van der Waals surface area (Å²) in [7, 11) is 2.89. The number of esters is 3. The average Bonchev–Trinajstić information content (AvgIpc) is 3.11. The first-order valence-corrected chi connectivity index (χ1v) is 19.4. The number of cyclic esters (lactones) is 1. The summed E-state index contributed by atoms with van der Waals surface area (Å²) in [4.78, 5) is 38.1. The van der Waals surface area contributed by atoms with Crippen molar-refractivity contribution in [2.75, 3.05) is 14.2 Å². The molecule has 14 atom stereocenters. The SMILES string of the molecule is C/C=C/[C@H]1O[C@@H]([C@@H](C)[C@H](O)[C@H](C)[C@H]2OC(=O)/C(OC)=C/C(C)=C/[C@@H](C)[C@@H](O)[C@@H](CC)[C@@H](OC(C)=O)[C@H](C)C/C(C)=C/C=C/[C@@H]2OC)C[C@@H](OC(C)=O)[C@@H]1C. The van der Waals surface area contributed by atoms with Gasteiger partial charge >= 0.3 is 17.9 Å². The highest BCUT2D eigenvalue weighted by atomic mass is 16.6. The van der Waals surface area contributed by atoms with Gasteiger partial charge in [-0.15, -0.1) is 0 Å². The second-order valence-electron chi connectivity index (χ2n) is 15.4. The lowest BCUT2D eigenvalue weighted by atomic mass is 9.79. The lowest BCUT2D eigenvalue weighted by Gasteiger charge is -2.43. The highest BCUT2D eigenvalue weighted by Crippen LogP contribution is 2.36. The fourth-order valence-electron chi connectivity index (χ4n) is 7.89. The predicted octanol–water partition coefficient (Wildman–Crippen LogP) is 6.82. The van der Waals surface area contributed by atoms with E-state index < -0.39 is 66.5 Å². The largest absolute Gasteiger partial charge is 0.490 e. The summed E-state index contributed by atoms with van der Waals surface area (Å²) in [6.07, 6.45) is 9.03. The van der Waals surface area contributed by atoms with Crippen LogP contribution in [-0.4, -0.2) is 91.2 Å². The Kier molecular flexibility index (Phi) is 19.4. The zero-order valence-electron chi connectivity index (χ0n) is 34.8. The van der Waals surface area contributed by atoms with Gasteiger partial charge in [0.2, 0.25) is 5.76 Å². The van der Waals surface area contributed by atoms with Gasteiger partial charge in [0.15, 0.2) is 0 Å². The first kappa shape index (κ1) is 46.9. The van der Waals surface area contributed by atoms with Crippen LogP contribution in [0.15, 0.2) is 59.4 Å². The molecule has 2 rings (SSSR count). The molecule has 0 spiro atoms. The maximum absolute atomic E-state index is 13.8. The number of aliphatic hydroxyl groups is 2. The highest BCUT2D eigenvalue weighted by Gasteiger charge is 2.44. The van der Waals surface area contributed by atoms with Crippen LogP contribution in [0.5, 0.6) is 0 Å². The molecule has 2 aliphatic heterocycles. The Morgan fingerprint density at radius 2 is 1.70 bits per heavy atom. The number of rotatable bonds is 10. The van der Waals surface area contributed by atoms with Crippen molar-refractivity contribution in [1.82, 2.24) is 0 Å². The Bertz CT molecular complexity index is 1380. The molecule has 11 heteroatoms. The molecule has 0 unspecified atom stereocenters. The van der Waals surface area contributed by atoms with Crippen LogP contribution in [0.2, 0.25) is 0 Å². The van der Waals surface area contributed by atoms with Gasteiger partial charge in [-0.25, -0.2) is 4.79 Å². The number of aliphatic hydroxyl groups excluding tert-OH is 2. The fourth-order valence-corrected chi connectivity index (χ4v) is 7.89. The van der Waals surface area contributed by atoms with Crippen LogP contribution in [0, 0.1) is 35.5 Å². The molecular weight excluding hydrogens is 692 g/mol. The van der Waals surface area contributed by atoms with Crippen LogP contribution < -0.4 is 0 Å². The van der Waals surface area contributed by atoms with Gasteiger partial charge < -0.3 is 38.6 Å². The van der Waals surface area contributed by atoms with E-state index in [1.54, 1.807) is 26.0 Å². The van der Waals surface area contributed by atoms with Crippen LogP contribution in [0.3, 0.4) is 0 Å². The summed E-state index contributed by atoms with van der Waals surface area (Å²) in [5.74, 6) is -3.60. The molecule has 0 aromatic heterocycles. The fraction of sp³-hybridized carbons (Fsp3) is 0.698. The molecule has 0 aromatic rings. The summed E-state index contributed by atoms with van der Waals surface area (Å²) in [5, 5.41) is 23.5. The Hall–Kier alpha value is -3.25. The van der Waals surface area contributed by atoms with Crippen LogP contribution in [-0.2, 0) is 42.8 Å².